The van der Waals surface area contributed by atoms with Crippen LogP contribution in [-0.4, -0.2) is 36.8 Å². The van der Waals surface area contributed by atoms with Crippen LogP contribution in [0.2, 0.25) is 0 Å². The fraction of sp³-hybridized carbons (Fsp3) is 0.381. The molecule has 0 fully saturated rings. The maximum atomic E-state index is 13.3. The Balaban J connectivity index is 1.91. The van der Waals surface area contributed by atoms with Gasteiger partial charge in [0.15, 0.2) is 11.2 Å². The number of aryl methyl sites for hydroxylation is 4. The molecular weight excluding hydrogens is 370 g/mol. The molecule has 0 amide bonds. The van der Waals surface area contributed by atoms with Crippen molar-refractivity contribution in [3.05, 3.63) is 68.1 Å². The molecule has 3 aromatic heterocycles. The van der Waals surface area contributed by atoms with Gasteiger partial charge < -0.3 is 9.30 Å². The quantitative estimate of drug-likeness (QED) is 0.467. The van der Waals surface area contributed by atoms with Crippen LogP contribution in [0.5, 0.6) is 0 Å². The molecule has 3 heterocycles. The van der Waals surface area contributed by atoms with Crippen LogP contribution in [-0.2, 0) is 24.9 Å². The number of hydrogen-bond acceptors (Lipinski definition) is 4. The fourth-order valence-electron chi connectivity index (χ4n) is 3.83. The Morgan fingerprint density at radius 1 is 1.14 bits per heavy atom. The van der Waals surface area contributed by atoms with E-state index in [2.05, 4.69) is 4.98 Å². The van der Waals surface area contributed by atoms with Gasteiger partial charge in [0.25, 0.3) is 5.56 Å². The van der Waals surface area contributed by atoms with E-state index in [1.807, 2.05) is 48.9 Å². The van der Waals surface area contributed by atoms with E-state index in [0.717, 1.165) is 29.8 Å². The molecule has 4 rings (SSSR count). The molecular formula is C21H25N5O3. The highest BCUT2D eigenvalue weighted by Gasteiger charge is 2.20. The molecule has 0 aliphatic carbocycles. The Kier molecular flexibility index (Phi) is 4.87. The maximum absolute atomic E-state index is 13.3. The van der Waals surface area contributed by atoms with E-state index < -0.39 is 0 Å². The molecule has 0 atom stereocenters. The Morgan fingerprint density at radius 2 is 1.93 bits per heavy atom. The molecule has 1 aromatic carbocycles. The average molecular weight is 395 g/mol. The van der Waals surface area contributed by atoms with Crippen molar-refractivity contribution >= 4 is 16.9 Å². The second-order valence-corrected chi connectivity index (χ2v) is 7.44. The van der Waals surface area contributed by atoms with Gasteiger partial charge in [0.05, 0.1) is 6.54 Å². The normalized spacial score (nSPS) is 11.7. The lowest BCUT2D eigenvalue weighted by Gasteiger charge is -2.08. The lowest BCUT2D eigenvalue weighted by atomic mass is 10.1. The third kappa shape index (κ3) is 3.19. The molecule has 8 heteroatoms. The first-order chi connectivity index (χ1) is 13.9. The standard InChI is InChI=1S/C21H25N5O3/c1-14-7-5-8-16(11-14)13-26-19(27)17-18(23(3)21(26)28)22-20-24(9-6-10-29-4)15(2)12-25(17)20/h5,7-8,11-12H,6,9-10,13H2,1-4H3. The summed E-state index contributed by atoms with van der Waals surface area (Å²) in [5.74, 6) is 0.661. The van der Waals surface area contributed by atoms with Crippen LogP contribution < -0.4 is 11.2 Å². The molecule has 8 nitrogen and oxygen atoms in total. The highest BCUT2D eigenvalue weighted by molar-refractivity contribution is 5.75. The molecule has 0 aliphatic heterocycles. The predicted molar refractivity (Wildman–Crippen MR) is 112 cm³/mol. The topological polar surface area (TPSA) is 75.5 Å². The summed E-state index contributed by atoms with van der Waals surface area (Å²) in [6.45, 7) is 5.57. The van der Waals surface area contributed by atoms with Crippen molar-refractivity contribution in [2.45, 2.75) is 33.4 Å². The molecule has 0 saturated carbocycles. The first-order valence-corrected chi connectivity index (χ1v) is 9.64. The number of fused-ring (bicyclic) bond motifs is 3. The summed E-state index contributed by atoms with van der Waals surface area (Å²) in [6.07, 6.45) is 2.74. The van der Waals surface area contributed by atoms with Gasteiger partial charge in [0, 0.05) is 39.2 Å². The molecule has 29 heavy (non-hydrogen) atoms. The van der Waals surface area contributed by atoms with Gasteiger partial charge in [-0.3, -0.25) is 18.3 Å². The number of nitrogens with zero attached hydrogens (tertiary/aromatic N) is 5. The van der Waals surface area contributed by atoms with Crippen LogP contribution in [0, 0.1) is 13.8 Å². The second kappa shape index (κ2) is 7.36. The zero-order valence-electron chi connectivity index (χ0n) is 17.2. The summed E-state index contributed by atoms with van der Waals surface area (Å²) < 4.78 is 11.7. The molecule has 0 aliphatic rings. The van der Waals surface area contributed by atoms with E-state index in [9.17, 15) is 9.59 Å². The first-order valence-electron chi connectivity index (χ1n) is 9.64. The molecule has 0 N–H and O–H groups in total. The predicted octanol–water partition coefficient (Wildman–Crippen LogP) is 1.85. The van der Waals surface area contributed by atoms with Gasteiger partial charge in [-0.2, -0.15) is 4.98 Å². The zero-order chi connectivity index (χ0) is 20.7. The Labute approximate surface area is 167 Å². The number of aromatic nitrogens is 5. The van der Waals surface area contributed by atoms with E-state index in [-0.39, 0.29) is 17.8 Å². The molecule has 0 unspecified atom stereocenters. The highest BCUT2D eigenvalue weighted by atomic mass is 16.5. The number of rotatable bonds is 6. The van der Waals surface area contributed by atoms with Crippen molar-refractivity contribution in [3.8, 4) is 0 Å². The van der Waals surface area contributed by atoms with Crippen molar-refractivity contribution in [3.63, 3.8) is 0 Å². The Bertz CT molecular complexity index is 1320. The largest absolute Gasteiger partial charge is 0.385 e. The molecule has 152 valence electrons. The van der Waals surface area contributed by atoms with Gasteiger partial charge in [-0.25, -0.2) is 4.79 Å². The Morgan fingerprint density at radius 3 is 2.66 bits per heavy atom. The molecule has 0 bridgehead atoms. The van der Waals surface area contributed by atoms with Crippen molar-refractivity contribution in [2.75, 3.05) is 13.7 Å². The van der Waals surface area contributed by atoms with Gasteiger partial charge >= 0.3 is 5.69 Å². The fourth-order valence-corrected chi connectivity index (χ4v) is 3.83. The van der Waals surface area contributed by atoms with Crippen molar-refractivity contribution in [1.82, 2.24) is 23.1 Å². The van der Waals surface area contributed by atoms with E-state index in [0.29, 0.717) is 23.5 Å². The Hall–Kier alpha value is -3.13. The average Bonchev–Trinajstić information content (AvgIpc) is 3.19. The van der Waals surface area contributed by atoms with Crippen molar-refractivity contribution in [2.24, 2.45) is 7.05 Å². The van der Waals surface area contributed by atoms with Crippen LogP contribution in [0.1, 0.15) is 23.2 Å². The van der Waals surface area contributed by atoms with Crippen molar-refractivity contribution < 1.29 is 4.74 Å². The number of imidazole rings is 2. The number of methoxy groups -OCH3 is 1. The van der Waals surface area contributed by atoms with Gasteiger partial charge in [-0.1, -0.05) is 29.8 Å². The van der Waals surface area contributed by atoms with Crippen LogP contribution in [0.25, 0.3) is 16.9 Å². The van der Waals surface area contributed by atoms with E-state index in [1.54, 1.807) is 18.6 Å². The van der Waals surface area contributed by atoms with Gasteiger partial charge in [0.2, 0.25) is 5.78 Å². The molecule has 4 aromatic rings. The van der Waals surface area contributed by atoms with E-state index >= 15 is 0 Å². The van der Waals surface area contributed by atoms with Crippen molar-refractivity contribution in [1.29, 1.82) is 0 Å². The maximum Gasteiger partial charge on any atom is 0.332 e. The first kappa shape index (κ1) is 19.2. The highest BCUT2D eigenvalue weighted by Crippen LogP contribution is 2.17. The lowest BCUT2D eigenvalue weighted by molar-refractivity contribution is 0.190. The summed E-state index contributed by atoms with van der Waals surface area (Å²) in [7, 11) is 3.33. The van der Waals surface area contributed by atoms with Crippen LogP contribution >= 0.6 is 0 Å². The van der Waals surface area contributed by atoms with Gasteiger partial charge in [-0.05, 0) is 25.8 Å². The van der Waals surface area contributed by atoms with Crippen LogP contribution in [0.15, 0.2) is 40.1 Å². The second-order valence-electron chi connectivity index (χ2n) is 7.44. The summed E-state index contributed by atoms with van der Waals surface area (Å²) in [5, 5.41) is 0. The number of benzene rings is 1. The molecule has 0 saturated heterocycles. The third-order valence-electron chi connectivity index (χ3n) is 5.29. The minimum absolute atomic E-state index is 0.226. The third-order valence-corrected chi connectivity index (χ3v) is 5.29. The molecule has 0 spiro atoms. The summed E-state index contributed by atoms with van der Waals surface area (Å²) in [5.41, 5.74) is 3.13. The van der Waals surface area contributed by atoms with Gasteiger partial charge in [0.1, 0.15) is 0 Å². The van der Waals surface area contributed by atoms with Crippen LogP contribution in [0.3, 0.4) is 0 Å². The number of hydrogen-bond donors (Lipinski definition) is 0. The molecule has 0 radical (unpaired) electrons. The lowest BCUT2D eigenvalue weighted by Crippen LogP contribution is -2.39. The SMILES string of the molecule is COCCCn1c(C)cn2c3c(=O)n(Cc4cccc(C)c4)c(=O)n(C)c3nc12. The summed E-state index contributed by atoms with van der Waals surface area (Å²) in [4.78, 5) is 30.8. The summed E-state index contributed by atoms with van der Waals surface area (Å²) in [6, 6.07) is 7.83. The van der Waals surface area contributed by atoms with Gasteiger partial charge in [-0.15, -0.1) is 0 Å². The summed E-state index contributed by atoms with van der Waals surface area (Å²) >= 11 is 0. The smallest absolute Gasteiger partial charge is 0.332 e. The minimum atomic E-state index is -0.368. The number of ether oxygens (including phenoxy) is 1. The minimum Gasteiger partial charge on any atom is -0.385 e. The monoisotopic (exact) mass is 395 g/mol. The van der Waals surface area contributed by atoms with E-state index in [1.165, 1.54) is 9.13 Å². The van der Waals surface area contributed by atoms with E-state index in [4.69, 9.17) is 4.74 Å². The zero-order valence-corrected chi connectivity index (χ0v) is 17.2. The van der Waals surface area contributed by atoms with Crippen LogP contribution in [0.4, 0.5) is 0 Å².